The highest BCUT2D eigenvalue weighted by molar-refractivity contribution is 7.80. The number of hydrogen-bond donors (Lipinski definition) is 2. The Kier molecular flexibility index (Phi) is 4.01. The second-order valence-electron chi connectivity index (χ2n) is 3.69. The Morgan fingerprint density at radius 2 is 1.58 bits per heavy atom. The summed E-state index contributed by atoms with van der Waals surface area (Å²) in [5.74, 6) is -2.39. The van der Waals surface area contributed by atoms with Crippen molar-refractivity contribution in [3.05, 3.63) is 59.9 Å². The lowest BCUT2D eigenvalue weighted by Gasteiger charge is -2.11. The molecule has 6 heteroatoms. The molecule has 0 aromatic heterocycles. The molecule has 2 aromatic carbocycles. The Morgan fingerprint density at radius 1 is 0.842 bits per heavy atom. The van der Waals surface area contributed by atoms with E-state index in [1.807, 2.05) is 0 Å². The van der Waals surface area contributed by atoms with Gasteiger partial charge in [0, 0.05) is 11.8 Å². The van der Waals surface area contributed by atoms with Crippen LogP contribution in [0.1, 0.15) is 0 Å². The van der Waals surface area contributed by atoms with Gasteiger partial charge in [-0.15, -0.1) is 0 Å². The van der Waals surface area contributed by atoms with Crippen LogP contribution in [0.3, 0.4) is 0 Å². The van der Waals surface area contributed by atoms with E-state index in [0.29, 0.717) is 0 Å². The van der Waals surface area contributed by atoms with Crippen molar-refractivity contribution in [3.63, 3.8) is 0 Å². The van der Waals surface area contributed by atoms with E-state index >= 15 is 0 Å². The highest BCUT2D eigenvalue weighted by Gasteiger charge is 2.06. The van der Waals surface area contributed by atoms with Gasteiger partial charge in [-0.05, 0) is 36.5 Å². The summed E-state index contributed by atoms with van der Waals surface area (Å²) >= 11 is 4.95. The minimum absolute atomic E-state index is 0.0797. The molecule has 98 valence electrons. The second kappa shape index (κ2) is 5.71. The molecule has 0 spiro atoms. The van der Waals surface area contributed by atoms with Crippen LogP contribution in [-0.4, -0.2) is 5.11 Å². The third-order valence-electron chi connectivity index (χ3n) is 2.30. The van der Waals surface area contributed by atoms with Gasteiger partial charge >= 0.3 is 0 Å². The summed E-state index contributed by atoms with van der Waals surface area (Å²) in [5, 5.41) is 5.33. The lowest BCUT2D eigenvalue weighted by atomic mass is 10.3. The molecule has 0 radical (unpaired) electrons. The van der Waals surface area contributed by atoms with Crippen LogP contribution in [0.2, 0.25) is 0 Å². The number of nitrogens with one attached hydrogen (secondary N) is 2. The van der Waals surface area contributed by atoms with E-state index in [4.69, 9.17) is 12.2 Å². The molecule has 0 aliphatic carbocycles. The Morgan fingerprint density at radius 3 is 2.26 bits per heavy atom. The first-order valence-electron chi connectivity index (χ1n) is 5.34. The maximum absolute atomic E-state index is 13.3. The lowest BCUT2D eigenvalue weighted by molar-refractivity contribution is 0.509. The molecule has 2 aromatic rings. The van der Waals surface area contributed by atoms with Gasteiger partial charge in [0.2, 0.25) is 0 Å². The van der Waals surface area contributed by atoms with Gasteiger partial charge < -0.3 is 10.6 Å². The van der Waals surface area contributed by atoms with Gasteiger partial charge in [-0.3, -0.25) is 0 Å². The molecule has 2 rings (SSSR count). The van der Waals surface area contributed by atoms with E-state index in [9.17, 15) is 13.2 Å². The van der Waals surface area contributed by atoms with Crippen molar-refractivity contribution in [1.82, 2.24) is 0 Å². The highest BCUT2D eigenvalue weighted by Crippen LogP contribution is 2.15. The zero-order valence-corrected chi connectivity index (χ0v) is 10.4. The Hall–Kier alpha value is -2.08. The summed E-state index contributed by atoms with van der Waals surface area (Å²) in [5.41, 5.74) is 0.468. The smallest absolute Gasteiger partial charge is 0.175 e. The average molecular weight is 282 g/mol. The van der Waals surface area contributed by atoms with Gasteiger partial charge in [-0.25, -0.2) is 13.2 Å². The van der Waals surface area contributed by atoms with E-state index in [1.54, 1.807) is 12.1 Å². The average Bonchev–Trinajstić information content (AvgIpc) is 2.37. The number of anilines is 2. The van der Waals surface area contributed by atoms with Crippen molar-refractivity contribution in [1.29, 1.82) is 0 Å². The van der Waals surface area contributed by atoms with Crippen molar-refractivity contribution in [2.24, 2.45) is 0 Å². The predicted octanol–water partition coefficient (Wildman–Crippen LogP) is 3.91. The molecule has 0 saturated carbocycles. The number of halogens is 3. The number of hydrogen-bond acceptors (Lipinski definition) is 1. The molecular formula is C13H9F3N2S. The van der Waals surface area contributed by atoms with Crippen molar-refractivity contribution in [2.75, 3.05) is 10.6 Å². The molecule has 0 aliphatic heterocycles. The van der Waals surface area contributed by atoms with Crippen molar-refractivity contribution in [3.8, 4) is 0 Å². The van der Waals surface area contributed by atoms with E-state index in [0.717, 1.165) is 12.1 Å². The second-order valence-corrected chi connectivity index (χ2v) is 4.10. The van der Waals surface area contributed by atoms with Gasteiger partial charge in [0.1, 0.15) is 5.82 Å². The monoisotopic (exact) mass is 282 g/mol. The largest absolute Gasteiger partial charge is 0.332 e. The number of rotatable bonds is 2. The van der Waals surface area contributed by atoms with Crippen molar-refractivity contribution >= 4 is 28.7 Å². The van der Waals surface area contributed by atoms with Gasteiger partial charge in [0.05, 0.1) is 5.69 Å². The summed E-state index contributed by atoms with van der Waals surface area (Å²) in [6, 6.07) is 9.25. The first-order chi connectivity index (χ1) is 9.06. The van der Waals surface area contributed by atoms with E-state index in [2.05, 4.69) is 10.6 Å². The quantitative estimate of drug-likeness (QED) is 0.817. The van der Waals surface area contributed by atoms with E-state index in [1.165, 1.54) is 18.2 Å². The first-order valence-corrected chi connectivity index (χ1v) is 5.74. The topological polar surface area (TPSA) is 24.1 Å². The van der Waals surface area contributed by atoms with Crippen LogP contribution in [-0.2, 0) is 0 Å². The molecule has 0 amide bonds. The van der Waals surface area contributed by atoms with Crippen LogP contribution in [0.15, 0.2) is 42.5 Å². The normalized spacial score (nSPS) is 10.1. The summed E-state index contributed by atoms with van der Waals surface area (Å²) in [6.07, 6.45) is 0. The van der Waals surface area contributed by atoms with E-state index < -0.39 is 17.5 Å². The summed E-state index contributed by atoms with van der Waals surface area (Å²) in [6.45, 7) is 0. The fraction of sp³-hybridized carbons (Fsp3) is 0. The SMILES string of the molecule is Fc1ccc(NC(=S)Nc2ccccc2F)cc1F. The third kappa shape index (κ3) is 3.45. The van der Waals surface area contributed by atoms with Gasteiger partial charge in [-0.1, -0.05) is 12.1 Å². The molecule has 0 saturated heterocycles. The minimum Gasteiger partial charge on any atom is -0.332 e. The van der Waals surface area contributed by atoms with Crippen molar-refractivity contribution < 1.29 is 13.2 Å². The molecule has 0 aliphatic rings. The molecule has 19 heavy (non-hydrogen) atoms. The van der Waals surface area contributed by atoms with Crippen LogP contribution in [0.25, 0.3) is 0 Å². The summed E-state index contributed by atoms with van der Waals surface area (Å²) in [7, 11) is 0. The van der Waals surface area contributed by atoms with Crippen LogP contribution < -0.4 is 10.6 Å². The molecule has 0 heterocycles. The zero-order chi connectivity index (χ0) is 13.8. The third-order valence-corrected chi connectivity index (χ3v) is 2.50. The Balaban J connectivity index is 2.05. The molecule has 0 unspecified atom stereocenters. The highest BCUT2D eigenvalue weighted by atomic mass is 32.1. The lowest BCUT2D eigenvalue weighted by Crippen LogP contribution is -2.19. The summed E-state index contributed by atoms with van der Waals surface area (Å²) in [4.78, 5) is 0. The van der Waals surface area contributed by atoms with Crippen molar-refractivity contribution in [2.45, 2.75) is 0 Å². The van der Waals surface area contributed by atoms with Gasteiger partial charge in [-0.2, -0.15) is 0 Å². The number of para-hydroxylation sites is 1. The maximum Gasteiger partial charge on any atom is 0.175 e. The van der Waals surface area contributed by atoms with Crippen LogP contribution in [0.4, 0.5) is 24.5 Å². The molecule has 2 nitrogen and oxygen atoms in total. The van der Waals surface area contributed by atoms with Gasteiger partial charge in [0.15, 0.2) is 16.7 Å². The maximum atomic E-state index is 13.3. The van der Waals surface area contributed by atoms with Gasteiger partial charge in [0.25, 0.3) is 0 Å². The molecule has 2 N–H and O–H groups in total. The molecule has 0 atom stereocenters. The minimum atomic E-state index is -0.987. The van der Waals surface area contributed by atoms with Crippen LogP contribution in [0.5, 0.6) is 0 Å². The van der Waals surface area contributed by atoms with E-state index in [-0.39, 0.29) is 16.5 Å². The standard InChI is InChI=1S/C13H9F3N2S/c14-9-6-5-8(7-11(9)16)17-13(19)18-12-4-2-1-3-10(12)15/h1-7H,(H2,17,18,19). The first kappa shape index (κ1) is 13.4. The Bertz CT molecular complexity index is 617. The fourth-order valence-corrected chi connectivity index (χ4v) is 1.65. The zero-order valence-electron chi connectivity index (χ0n) is 9.58. The fourth-order valence-electron chi connectivity index (χ4n) is 1.42. The molecule has 0 bridgehead atoms. The molecular weight excluding hydrogens is 273 g/mol. The summed E-state index contributed by atoms with van der Waals surface area (Å²) < 4.78 is 39.1. The van der Waals surface area contributed by atoms with Crippen LogP contribution >= 0.6 is 12.2 Å². The number of benzene rings is 2. The molecule has 0 fully saturated rings. The Labute approximate surface area is 113 Å². The number of thiocarbonyl (C=S) groups is 1. The van der Waals surface area contributed by atoms with Crippen LogP contribution in [0, 0.1) is 17.5 Å². The predicted molar refractivity (Wildman–Crippen MR) is 72.6 cm³/mol.